The van der Waals surface area contributed by atoms with Gasteiger partial charge in [-0.2, -0.15) is 13.2 Å². The van der Waals surface area contributed by atoms with E-state index in [0.717, 1.165) is 19.3 Å². The van der Waals surface area contributed by atoms with Crippen molar-refractivity contribution in [2.75, 3.05) is 13.2 Å². The van der Waals surface area contributed by atoms with Crippen LogP contribution in [0.2, 0.25) is 0 Å². The van der Waals surface area contributed by atoms with Crippen molar-refractivity contribution >= 4 is 0 Å². The Hall–Kier alpha value is -1.11. The van der Waals surface area contributed by atoms with Gasteiger partial charge in [0.25, 0.3) is 5.82 Å². The summed E-state index contributed by atoms with van der Waals surface area (Å²) in [4.78, 5) is 3.56. The summed E-state index contributed by atoms with van der Waals surface area (Å²) < 4.78 is 42.3. The van der Waals surface area contributed by atoms with E-state index < -0.39 is 12.0 Å². The molecule has 17 heavy (non-hydrogen) atoms. The Labute approximate surface area is 95.6 Å². The third-order valence-corrected chi connectivity index (χ3v) is 3.76. The first-order valence-electron chi connectivity index (χ1n) is 5.58. The van der Waals surface area contributed by atoms with Gasteiger partial charge < -0.3 is 4.74 Å². The molecule has 1 unspecified atom stereocenters. The summed E-state index contributed by atoms with van der Waals surface area (Å²) in [7, 11) is 0. The van der Waals surface area contributed by atoms with Crippen LogP contribution >= 0.6 is 0 Å². The lowest BCUT2D eigenvalue weighted by atomic mass is 9.94. The Kier molecular flexibility index (Phi) is 2.23. The zero-order valence-electron chi connectivity index (χ0n) is 9.05. The maximum Gasteiger partial charge on any atom is 0.453 e. The van der Waals surface area contributed by atoms with Crippen LogP contribution < -0.4 is 0 Å². The quantitative estimate of drug-likeness (QED) is 0.826. The Morgan fingerprint density at radius 2 is 2.00 bits per heavy atom. The highest BCUT2D eigenvalue weighted by Gasteiger charge is 2.57. The Morgan fingerprint density at radius 3 is 2.59 bits per heavy atom. The molecule has 3 rings (SSSR count). The van der Waals surface area contributed by atoms with Crippen LogP contribution in [0.1, 0.15) is 36.8 Å². The van der Waals surface area contributed by atoms with E-state index in [0.29, 0.717) is 19.0 Å². The smallest absolute Gasteiger partial charge is 0.381 e. The van der Waals surface area contributed by atoms with Crippen LogP contribution in [0.25, 0.3) is 0 Å². The SMILES string of the molecule is FC(F)(F)c1n[nH]c(C2CC23CCOCC3)n1. The highest BCUT2D eigenvalue weighted by molar-refractivity contribution is 5.19. The van der Waals surface area contributed by atoms with Gasteiger partial charge in [0.1, 0.15) is 5.82 Å². The number of rotatable bonds is 1. The molecule has 4 nitrogen and oxygen atoms in total. The summed E-state index contributed by atoms with van der Waals surface area (Å²) in [6.07, 6.45) is -1.77. The molecule has 0 amide bonds. The van der Waals surface area contributed by atoms with Crippen molar-refractivity contribution in [1.82, 2.24) is 15.2 Å². The van der Waals surface area contributed by atoms with Crippen molar-refractivity contribution < 1.29 is 17.9 Å². The average molecular weight is 247 g/mol. The van der Waals surface area contributed by atoms with Crippen molar-refractivity contribution in [1.29, 1.82) is 0 Å². The minimum absolute atomic E-state index is 0.0926. The predicted molar refractivity (Wildman–Crippen MR) is 51.2 cm³/mol. The summed E-state index contributed by atoms with van der Waals surface area (Å²) in [5, 5.41) is 5.66. The second kappa shape index (κ2) is 3.44. The molecule has 1 aromatic heterocycles. The molecule has 94 valence electrons. The maximum atomic E-state index is 12.4. The lowest BCUT2D eigenvalue weighted by Crippen LogP contribution is -2.18. The zero-order valence-corrected chi connectivity index (χ0v) is 9.05. The number of ether oxygens (including phenoxy) is 1. The monoisotopic (exact) mass is 247 g/mol. The Morgan fingerprint density at radius 1 is 1.29 bits per heavy atom. The highest BCUT2D eigenvalue weighted by atomic mass is 19.4. The minimum Gasteiger partial charge on any atom is -0.381 e. The number of nitrogens with zero attached hydrogens (tertiary/aromatic N) is 2. The number of aromatic amines is 1. The fourth-order valence-electron chi connectivity index (χ4n) is 2.62. The normalized spacial score (nSPS) is 27.4. The van der Waals surface area contributed by atoms with Gasteiger partial charge in [-0.15, -0.1) is 5.10 Å². The molecule has 1 aliphatic carbocycles. The predicted octanol–water partition coefficient (Wildman–Crippen LogP) is 2.11. The summed E-state index contributed by atoms with van der Waals surface area (Å²) in [6, 6.07) is 0. The standard InChI is InChI=1S/C10H12F3N3O/c11-10(12,13)8-14-7(15-16-8)6-5-9(6)1-3-17-4-2-9/h6H,1-5H2,(H,14,15,16). The first-order chi connectivity index (χ1) is 8.01. The Balaban J connectivity index is 1.76. The van der Waals surface area contributed by atoms with E-state index >= 15 is 0 Å². The number of hydrogen-bond acceptors (Lipinski definition) is 3. The number of alkyl halides is 3. The van der Waals surface area contributed by atoms with Gasteiger partial charge in [0.05, 0.1) is 0 Å². The van der Waals surface area contributed by atoms with E-state index in [-0.39, 0.29) is 11.3 Å². The van der Waals surface area contributed by atoms with E-state index in [1.54, 1.807) is 0 Å². The van der Waals surface area contributed by atoms with Crippen LogP contribution in [0, 0.1) is 5.41 Å². The third kappa shape index (κ3) is 1.82. The van der Waals surface area contributed by atoms with Gasteiger partial charge in [-0.25, -0.2) is 4.98 Å². The van der Waals surface area contributed by atoms with Gasteiger partial charge in [-0.05, 0) is 24.7 Å². The second-order valence-electron chi connectivity index (χ2n) is 4.77. The molecular formula is C10H12F3N3O. The minimum atomic E-state index is -4.47. The zero-order chi connectivity index (χ0) is 12.1. The van der Waals surface area contributed by atoms with Gasteiger partial charge in [0.15, 0.2) is 0 Å². The molecule has 2 aliphatic rings. The number of nitrogens with one attached hydrogen (secondary N) is 1. The number of H-pyrrole nitrogens is 1. The lowest BCUT2D eigenvalue weighted by Gasteiger charge is -2.22. The summed E-state index contributed by atoms with van der Waals surface area (Å²) >= 11 is 0. The van der Waals surface area contributed by atoms with Crippen molar-refractivity contribution in [3.8, 4) is 0 Å². The molecule has 1 saturated carbocycles. The molecule has 1 aliphatic heterocycles. The molecule has 0 aromatic carbocycles. The summed E-state index contributed by atoms with van der Waals surface area (Å²) in [5.74, 6) is -0.601. The van der Waals surface area contributed by atoms with Crippen molar-refractivity contribution in [3.05, 3.63) is 11.6 Å². The first-order valence-corrected chi connectivity index (χ1v) is 5.58. The topological polar surface area (TPSA) is 50.8 Å². The van der Waals surface area contributed by atoms with Gasteiger partial charge in [-0.3, -0.25) is 5.10 Å². The van der Waals surface area contributed by atoms with E-state index in [9.17, 15) is 13.2 Å². The van der Waals surface area contributed by atoms with Crippen LogP contribution in [0.15, 0.2) is 0 Å². The third-order valence-electron chi connectivity index (χ3n) is 3.76. The molecule has 7 heteroatoms. The molecule has 1 N–H and O–H groups in total. The molecule has 0 bridgehead atoms. The highest BCUT2D eigenvalue weighted by Crippen LogP contribution is 2.64. The first kappa shape index (κ1) is 11.0. The molecule has 1 saturated heterocycles. The summed E-state index contributed by atoms with van der Waals surface area (Å²) in [5.41, 5.74) is 0.112. The number of halogens is 3. The summed E-state index contributed by atoms with van der Waals surface area (Å²) in [6.45, 7) is 1.38. The second-order valence-corrected chi connectivity index (χ2v) is 4.77. The largest absolute Gasteiger partial charge is 0.453 e. The maximum absolute atomic E-state index is 12.4. The van der Waals surface area contributed by atoms with E-state index in [4.69, 9.17) is 4.74 Å². The molecule has 1 aromatic rings. The van der Waals surface area contributed by atoms with E-state index in [1.165, 1.54) is 0 Å². The van der Waals surface area contributed by atoms with Crippen molar-refractivity contribution in [2.24, 2.45) is 5.41 Å². The molecular weight excluding hydrogens is 235 g/mol. The Bertz CT molecular complexity index is 423. The number of aromatic nitrogens is 3. The van der Waals surface area contributed by atoms with Gasteiger partial charge in [0, 0.05) is 19.1 Å². The fraction of sp³-hybridized carbons (Fsp3) is 0.800. The van der Waals surface area contributed by atoms with Crippen LogP contribution in [0.5, 0.6) is 0 Å². The molecule has 0 radical (unpaired) electrons. The molecule has 2 heterocycles. The van der Waals surface area contributed by atoms with Gasteiger partial charge >= 0.3 is 6.18 Å². The van der Waals surface area contributed by atoms with Crippen molar-refractivity contribution in [3.63, 3.8) is 0 Å². The van der Waals surface area contributed by atoms with Crippen LogP contribution in [-0.2, 0) is 10.9 Å². The van der Waals surface area contributed by atoms with Gasteiger partial charge in [0.2, 0.25) is 0 Å². The van der Waals surface area contributed by atoms with Crippen molar-refractivity contribution in [2.45, 2.75) is 31.4 Å². The van der Waals surface area contributed by atoms with E-state index in [1.807, 2.05) is 0 Å². The fourth-order valence-corrected chi connectivity index (χ4v) is 2.62. The molecule has 1 atom stereocenters. The average Bonchev–Trinajstić information content (AvgIpc) is 2.78. The van der Waals surface area contributed by atoms with Crippen LogP contribution in [-0.4, -0.2) is 28.4 Å². The lowest BCUT2D eigenvalue weighted by molar-refractivity contribution is -0.144. The van der Waals surface area contributed by atoms with E-state index in [2.05, 4.69) is 15.2 Å². The number of hydrogen-bond donors (Lipinski definition) is 1. The van der Waals surface area contributed by atoms with Crippen LogP contribution in [0.4, 0.5) is 13.2 Å². The van der Waals surface area contributed by atoms with Crippen LogP contribution in [0.3, 0.4) is 0 Å². The molecule has 1 spiro atoms. The van der Waals surface area contributed by atoms with Gasteiger partial charge in [-0.1, -0.05) is 0 Å². The molecule has 2 fully saturated rings.